The van der Waals surface area contributed by atoms with Crippen LogP contribution in [0.3, 0.4) is 0 Å². The molecule has 2 fully saturated rings. The first kappa shape index (κ1) is 19.9. The van der Waals surface area contributed by atoms with Gasteiger partial charge < -0.3 is 15.1 Å². The Kier molecular flexibility index (Phi) is 6.89. The lowest BCUT2D eigenvalue weighted by molar-refractivity contribution is -0.136. The van der Waals surface area contributed by atoms with E-state index in [1.807, 2.05) is 35.2 Å². The summed E-state index contributed by atoms with van der Waals surface area (Å²) in [5.41, 5.74) is 1.09. The summed E-state index contributed by atoms with van der Waals surface area (Å²) in [6, 6.07) is 9.52. The van der Waals surface area contributed by atoms with Crippen LogP contribution in [0.4, 0.5) is 0 Å². The number of nitrogens with one attached hydrogen (secondary N) is 1. The third-order valence-corrected chi connectivity index (χ3v) is 5.58. The van der Waals surface area contributed by atoms with Crippen molar-refractivity contribution >= 4 is 11.8 Å². The molecule has 1 aromatic carbocycles. The van der Waals surface area contributed by atoms with Crippen LogP contribution in [0.5, 0.6) is 0 Å². The van der Waals surface area contributed by atoms with Gasteiger partial charge in [-0.15, -0.1) is 0 Å². The topological polar surface area (TPSA) is 52.7 Å². The molecule has 5 heteroatoms. The molecular weight excluding hydrogens is 338 g/mol. The fraction of sp³-hybridized carbons (Fsp3) is 0.636. The number of likely N-dealkylation sites (tertiary alicyclic amines) is 2. The SMILES string of the molecule is CC(C)CN1CC[C@@H](C(=O)N[C@@H](Cc2ccccc2)C(=O)N2CCCC2)C1. The van der Waals surface area contributed by atoms with Crippen molar-refractivity contribution in [2.24, 2.45) is 11.8 Å². The molecule has 2 amide bonds. The Morgan fingerprint density at radius 1 is 1.11 bits per heavy atom. The Bertz CT molecular complexity index is 626. The number of nitrogens with zero attached hydrogens (tertiary/aromatic N) is 2. The van der Waals surface area contributed by atoms with Gasteiger partial charge in [0.15, 0.2) is 0 Å². The quantitative estimate of drug-likeness (QED) is 0.800. The molecule has 2 atom stereocenters. The van der Waals surface area contributed by atoms with Crippen LogP contribution < -0.4 is 5.32 Å². The fourth-order valence-electron chi connectivity index (χ4n) is 4.23. The van der Waals surface area contributed by atoms with Crippen LogP contribution in [0.25, 0.3) is 0 Å². The molecule has 3 rings (SSSR count). The zero-order valence-corrected chi connectivity index (χ0v) is 16.7. The lowest BCUT2D eigenvalue weighted by Gasteiger charge is -2.25. The predicted octanol–water partition coefficient (Wildman–Crippen LogP) is 2.31. The van der Waals surface area contributed by atoms with E-state index in [1.54, 1.807) is 0 Å². The average molecular weight is 372 g/mol. The molecule has 0 unspecified atom stereocenters. The van der Waals surface area contributed by atoms with E-state index in [0.717, 1.165) is 57.5 Å². The summed E-state index contributed by atoms with van der Waals surface area (Å²) in [6.45, 7) is 8.84. The zero-order chi connectivity index (χ0) is 19.2. The fourth-order valence-corrected chi connectivity index (χ4v) is 4.23. The standard InChI is InChI=1S/C22H33N3O2/c1-17(2)15-24-13-10-19(16-24)21(26)23-20(14-18-8-4-3-5-9-18)22(27)25-11-6-7-12-25/h3-5,8-9,17,19-20H,6-7,10-16H2,1-2H3,(H,23,26)/t19-,20+/m1/s1. The van der Waals surface area contributed by atoms with Crippen LogP contribution in [0.15, 0.2) is 30.3 Å². The van der Waals surface area contributed by atoms with Crippen molar-refractivity contribution in [1.29, 1.82) is 0 Å². The Labute approximate surface area is 163 Å². The van der Waals surface area contributed by atoms with E-state index in [9.17, 15) is 9.59 Å². The molecule has 0 aliphatic carbocycles. The van der Waals surface area contributed by atoms with Crippen molar-refractivity contribution in [3.63, 3.8) is 0 Å². The van der Waals surface area contributed by atoms with Crippen molar-refractivity contribution in [1.82, 2.24) is 15.1 Å². The average Bonchev–Trinajstić information content (AvgIpc) is 3.33. The van der Waals surface area contributed by atoms with Gasteiger partial charge in [0.25, 0.3) is 0 Å². The van der Waals surface area contributed by atoms with Crippen LogP contribution in [-0.2, 0) is 16.0 Å². The molecule has 2 aliphatic heterocycles. The maximum absolute atomic E-state index is 13.0. The molecule has 1 aromatic rings. The molecule has 0 aromatic heterocycles. The van der Waals surface area contributed by atoms with E-state index in [4.69, 9.17) is 0 Å². The number of carbonyl (C=O) groups excluding carboxylic acids is 2. The molecule has 0 spiro atoms. The lowest BCUT2D eigenvalue weighted by Crippen LogP contribution is -2.50. The summed E-state index contributed by atoms with van der Waals surface area (Å²) in [6.07, 6.45) is 3.56. The molecule has 2 saturated heterocycles. The first-order valence-electron chi connectivity index (χ1n) is 10.4. The van der Waals surface area contributed by atoms with Gasteiger partial charge in [-0.25, -0.2) is 0 Å². The molecule has 0 bridgehead atoms. The molecule has 2 aliphatic rings. The molecule has 0 radical (unpaired) electrons. The van der Waals surface area contributed by atoms with Gasteiger partial charge in [0, 0.05) is 32.6 Å². The highest BCUT2D eigenvalue weighted by Crippen LogP contribution is 2.19. The van der Waals surface area contributed by atoms with Gasteiger partial charge in [-0.1, -0.05) is 44.2 Å². The van der Waals surface area contributed by atoms with E-state index in [2.05, 4.69) is 24.1 Å². The Hall–Kier alpha value is -1.88. The van der Waals surface area contributed by atoms with E-state index < -0.39 is 6.04 Å². The zero-order valence-electron chi connectivity index (χ0n) is 16.7. The number of carbonyl (C=O) groups is 2. The highest BCUT2D eigenvalue weighted by atomic mass is 16.2. The smallest absolute Gasteiger partial charge is 0.245 e. The van der Waals surface area contributed by atoms with Crippen LogP contribution in [0.2, 0.25) is 0 Å². The molecule has 5 nitrogen and oxygen atoms in total. The molecule has 1 N–H and O–H groups in total. The summed E-state index contributed by atoms with van der Waals surface area (Å²) in [7, 11) is 0. The van der Waals surface area contributed by atoms with Crippen molar-refractivity contribution < 1.29 is 9.59 Å². The third kappa shape index (κ3) is 5.55. The van der Waals surface area contributed by atoms with Crippen molar-refractivity contribution in [2.75, 3.05) is 32.7 Å². The van der Waals surface area contributed by atoms with Gasteiger partial charge in [0.2, 0.25) is 11.8 Å². The highest BCUT2D eigenvalue weighted by Gasteiger charge is 2.33. The Morgan fingerprint density at radius 2 is 1.81 bits per heavy atom. The third-order valence-electron chi connectivity index (χ3n) is 5.58. The van der Waals surface area contributed by atoms with Gasteiger partial charge >= 0.3 is 0 Å². The normalized spacial score (nSPS) is 21.6. The number of rotatable bonds is 7. The van der Waals surface area contributed by atoms with E-state index in [-0.39, 0.29) is 17.7 Å². The van der Waals surface area contributed by atoms with Crippen LogP contribution >= 0.6 is 0 Å². The van der Waals surface area contributed by atoms with Crippen LogP contribution in [0.1, 0.15) is 38.7 Å². The number of hydrogen-bond acceptors (Lipinski definition) is 3. The summed E-state index contributed by atoms with van der Waals surface area (Å²) in [4.78, 5) is 30.2. The van der Waals surface area contributed by atoms with Gasteiger partial charge in [0.1, 0.15) is 6.04 Å². The van der Waals surface area contributed by atoms with Crippen LogP contribution in [-0.4, -0.2) is 60.4 Å². The minimum absolute atomic E-state index is 0.00611. The molecule has 0 saturated carbocycles. The number of benzene rings is 1. The lowest BCUT2D eigenvalue weighted by atomic mass is 10.0. The first-order valence-corrected chi connectivity index (χ1v) is 10.4. The second kappa shape index (κ2) is 9.36. The van der Waals surface area contributed by atoms with Crippen molar-refractivity contribution in [2.45, 2.75) is 45.6 Å². The summed E-state index contributed by atoms with van der Waals surface area (Å²) in [5.74, 6) is 0.708. The molecular formula is C22H33N3O2. The molecule has 27 heavy (non-hydrogen) atoms. The summed E-state index contributed by atoms with van der Waals surface area (Å²) < 4.78 is 0. The van der Waals surface area contributed by atoms with Crippen molar-refractivity contribution in [3.05, 3.63) is 35.9 Å². The maximum Gasteiger partial charge on any atom is 0.245 e. The minimum Gasteiger partial charge on any atom is -0.344 e. The van der Waals surface area contributed by atoms with Crippen molar-refractivity contribution in [3.8, 4) is 0 Å². The maximum atomic E-state index is 13.0. The second-order valence-corrected chi connectivity index (χ2v) is 8.42. The molecule has 2 heterocycles. The second-order valence-electron chi connectivity index (χ2n) is 8.42. The van der Waals surface area contributed by atoms with Gasteiger partial charge in [-0.3, -0.25) is 9.59 Å². The van der Waals surface area contributed by atoms with E-state index >= 15 is 0 Å². The first-order chi connectivity index (χ1) is 13.0. The summed E-state index contributed by atoms with van der Waals surface area (Å²) >= 11 is 0. The monoisotopic (exact) mass is 371 g/mol. The molecule has 148 valence electrons. The largest absolute Gasteiger partial charge is 0.344 e. The highest BCUT2D eigenvalue weighted by molar-refractivity contribution is 5.89. The van der Waals surface area contributed by atoms with Gasteiger partial charge in [-0.05, 0) is 37.3 Å². The summed E-state index contributed by atoms with van der Waals surface area (Å²) in [5, 5.41) is 3.10. The minimum atomic E-state index is -0.461. The Balaban J connectivity index is 1.63. The van der Waals surface area contributed by atoms with Gasteiger partial charge in [0.05, 0.1) is 5.92 Å². The van der Waals surface area contributed by atoms with Gasteiger partial charge in [-0.2, -0.15) is 0 Å². The number of amides is 2. The van der Waals surface area contributed by atoms with E-state index in [1.165, 1.54) is 0 Å². The van der Waals surface area contributed by atoms with Crippen LogP contribution in [0, 0.1) is 11.8 Å². The number of hydrogen-bond donors (Lipinski definition) is 1. The van der Waals surface area contributed by atoms with E-state index in [0.29, 0.717) is 12.3 Å². The Morgan fingerprint density at radius 3 is 2.48 bits per heavy atom. The predicted molar refractivity (Wildman–Crippen MR) is 107 cm³/mol.